The highest BCUT2D eigenvalue weighted by Gasteiger charge is 2.29. The zero-order valence-electron chi connectivity index (χ0n) is 13.2. The lowest BCUT2D eigenvalue weighted by molar-refractivity contribution is 0.271. The predicted octanol–water partition coefficient (Wildman–Crippen LogP) is 2.34. The zero-order valence-corrected chi connectivity index (χ0v) is 14.0. The van der Waals surface area contributed by atoms with Gasteiger partial charge in [0, 0.05) is 13.1 Å². The minimum Gasteiger partial charge on any atom is -0.330 e. The van der Waals surface area contributed by atoms with E-state index in [2.05, 4.69) is 20.8 Å². The third kappa shape index (κ3) is 3.65. The summed E-state index contributed by atoms with van der Waals surface area (Å²) in [6.45, 7) is 8.04. The lowest BCUT2D eigenvalue weighted by Gasteiger charge is -2.31. The summed E-state index contributed by atoms with van der Waals surface area (Å²) < 4.78 is 27.0. The van der Waals surface area contributed by atoms with E-state index in [4.69, 9.17) is 5.73 Å². The van der Waals surface area contributed by atoms with Crippen LogP contribution in [0, 0.1) is 5.92 Å². The Balaban J connectivity index is 2.23. The third-order valence-electron chi connectivity index (χ3n) is 4.17. The van der Waals surface area contributed by atoms with Gasteiger partial charge in [0.25, 0.3) is 0 Å². The molecular weight excluding hydrogens is 284 g/mol. The summed E-state index contributed by atoms with van der Waals surface area (Å²) in [5.74, 6) is 0.280. The molecule has 1 aliphatic heterocycles. The molecule has 5 heteroatoms. The van der Waals surface area contributed by atoms with Crippen LogP contribution in [0.3, 0.4) is 0 Å². The van der Waals surface area contributed by atoms with Crippen molar-refractivity contribution in [2.24, 2.45) is 11.7 Å². The second-order valence-electron chi connectivity index (χ2n) is 6.88. The van der Waals surface area contributed by atoms with E-state index < -0.39 is 10.0 Å². The number of hydrogen-bond acceptors (Lipinski definition) is 3. The highest BCUT2D eigenvalue weighted by atomic mass is 32.2. The first kappa shape index (κ1) is 16.5. The Morgan fingerprint density at radius 1 is 1.24 bits per heavy atom. The van der Waals surface area contributed by atoms with Gasteiger partial charge in [0.05, 0.1) is 4.90 Å². The normalized spacial score (nSPS) is 21.4. The monoisotopic (exact) mass is 310 g/mol. The van der Waals surface area contributed by atoms with E-state index in [0.717, 1.165) is 18.4 Å². The fourth-order valence-electron chi connectivity index (χ4n) is 2.71. The van der Waals surface area contributed by atoms with E-state index in [1.54, 1.807) is 16.4 Å². The average molecular weight is 310 g/mol. The molecule has 1 saturated heterocycles. The molecule has 118 valence electrons. The number of hydrogen-bond donors (Lipinski definition) is 1. The van der Waals surface area contributed by atoms with Gasteiger partial charge in [-0.05, 0) is 48.4 Å². The van der Waals surface area contributed by atoms with Gasteiger partial charge in [-0.25, -0.2) is 8.42 Å². The second kappa shape index (κ2) is 6.07. The molecule has 0 bridgehead atoms. The van der Waals surface area contributed by atoms with E-state index in [1.807, 2.05) is 12.1 Å². The fraction of sp³-hybridized carbons (Fsp3) is 0.625. The maximum absolute atomic E-state index is 12.7. The molecule has 1 aromatic rings. The number of nitrogens with zero attached hydrogens (tertiary/aromatic N) is 1. The molecule has 4 nitrogen and oxygen atoms in total. The van der Waals surface area contributed by atoms with Crippen molar-refractivity contribution in [2.45, 2.75) is 43.9 Å². The Kier molecular flexibility index (Phi) is 4.76. The predicted molar refractivity (Wildman–Crippen MR) is 85.7 cm³/mol. The van der Waals surface area contributed by atoms with E-state index in [0.29, 0.717) is 24.5 Å². The molecule has 1 unspecified atom stereocenters. The first-order valence-corrected chi connectivity index (χ1v) is 9.00. The van der Waals surface area contributed by atoms with Crippen LogP contribution in [0.15, 0.2) is 29.2 Å². The Labute approximate surface area is 128 Å². The quantitative estimate of drug-likeness (QED) is 0.932. The van der Waals surface area contributed by atoms with Crippen molar-refractivity contribution in [1.29, 1.82) is 0 Å². The van der Waals surface area contributed by atoms with Gasteiger partial charge < -0.3 is 5.73 Å². The molecule has 1 atom stereocenters. The third-order valence-corrected chi connectivity index (χ3v) is 6.05. The summed E-state index contributed by atoms with van der Waals surface area (Å²) >= 11 is 0. The van der Waals surface area contributed by atoms with Gasteiger partial charge in [0.2, 0.25) is 10.0 Å². The Morgan fingerprint density at radius 3 is 2.38 bits per heavy atom. The van der Waals surface area contributed by atoms with Gasteiger partial charge in [0.1, 0.15) is 0 Å². The molecule has 0 amide bonds. The molecule has 1 aromatic carbocycles. The van der Waals surface area contributed by atoms with Gasteiger partial charge in [-0.2, -0.15) is 4.31 Å². The number of benzene rings is 1. The van der Waals surface area contributed by atoms with Gasteiger partial charge in [-0.1, -0.05) is 32.9 Å². The summed E-state index contributed by atoms with van der Waals surface area (Å²) in [5, 5.41) is 0. The van der Waals surface area contributed by atoms with Crippen LogP contribution in [0.1, 0.15) is 39.2 Å². The van der Waals surface area contributed by atoms with Crippen LogP contribution in [-0.2, 0) is 15.4 Å². The molecule has 0 radical (unpaired) electrons. The van der Waals surface area contributed by atoms with Crippen LogP contribution in [0.4, 0.5) is 0 Å². The van der Waals surface area contributed by atoms with Crippen LogP contribution in [0.25, 0.3) is 0 Å². The molecule has 1 heterocycles. The molecule has 1 aliphatic rings. The SMILES string of the molecule is CC(C)(C)c1ccc(S(=O)(=O)N2CCCC(CN)C2)cc1. The van der Waals surface area contributed by atoms with E-state index in [1.165, 1.54) is 0 Å². The molecular formula is C16H26N2O2S. The first-order chi connectivity index (χ1) is 9.75. The summed E-state index contributed by atoms with van der Waals surface area (Å²) in [6, 6.07) is 7.28. The Morgan fingerprint density at radius 2 is 1.86 bits per heavy atom. The number of nitrogens with two attached hydrogens (primary N) is 1. The smallest absolute Gasteiger partial charge is 0.243 e. The van der Waals surface area contributed by atoms with Crippen molar-refractivity contribution < 1.29 is 8.42 Å². The standard InChI is InChI=1S/C16H26N2O2S/c1-16(2,3)14-6-8-15(9-7-14)21(19,20)18-10-4-5-13(11-17)12-18/h6-9,13H,4-5,10-12,17H2,1-3H3. The van der Waals surface area contributed by atoms with Crippen LogP contribution in [0.5, 0.6) is 0 Å². The Hall–Kier alpha value is -0.910. The van der Waals surface area contributed by atoms with E-state index >= 15 is 0 Å². The highest BCUT2D eigenvalue weighted by Crippen LogP contribution is 2.26. The van der Waals surface area contributed by atoms with E-state index in [9.17, 15) is 8.42 Å². The average Bonchev–Trinajstić information content (AvgIpc) is 2.46. The highest BCUT2D eigenvalue weighted by molar-refractivity contribution is 7.89. The molecule has 0 aromatic heterocycles. The lowest BCUT2D eigenvalue weighted by atomic mass is 9.87. The Bertz CT molecular complexity index is 573. The molecule has 2 N–H and O–H groups in total. The second-order valence-corrected chi connectivity index (χ2v) is 8.82. The van der Waals surface area contributed by atoms with Gasteiger partial charge >= 0.3 is 0 Å². The molecule has 0 spiro atoms. The van der Waals surface area contributed by atoms with Gasteiger partial charge in [-0.3, -0.25) is 0 Å². The maximum Gasteiger partial charge on any atom is 0.243 e. The van der Waals surface area contributed by atoms with Crippen LogP contribution >= 0.6 is 0 Å². The molecule has 1 fully saturated rings. The van der Waals surface area contributed by atoms with Crippen molar-refractivity contribution >= 4 is 10.0 Å². The van der Waals surface area contributed by atoms with Crippen LogP contribution in [0.2, 0.25) is 0 Å². The number of sulfonamides is 1. The molecule has 2 rings (SSSR count). The van der Waals surface area contributed by atoms with Gasteiger partial charge in [0.15, 0.2) is 0 Å². The summed E-state index contributed by atoms with van der Waals surface area (Å²) in [5.41, 5.74) is 6.86. The molecule has 21 heavy (non-hydrogen) atoms. The van der Waals surface area contributed by atoms with Crippen molar-refractivity contribution in [3.63, 3.8) is 0 Å². The summed E-state index contributed by atoms with van der Waals surface area (Å²) in [7, 11) is -3.39. The maximum atomic E-state index is 12.7. The van der Waals surface area contributed by atoms with Crippen molar-refractivity contribution in [1.82, 2.24) is 4.31 Å². The molecule has 0 aliphatic carbocycles. The van der Waals surface area contributed by atoms with Crippen molar-refractivity contribution in [3.8, 4) is 0 Å². The largest absolute Gasteiger partial charge is 0.330 e. The zero-order chi connectivity index (χ0) is 15.7. The first-order valence-electron chi connectivity index (χ1n) is 7.56. The van der Waals surface area contributed by atoms with Crippen molar-refractivity contribution in [2.75, 3.05) is 19.6 Å². The summed E-state index contributed by atoms with van der Waals surface area (Å²) in [4.78, 5) is 0.383. The minimum absolute atomic E-state index is 0.0259. The number of piperidine rings is 1. The van der Waals surface area contributed by atoms with E-state index in [-0.39, 0.29) is 11.3 Å². The number of rotatable bonds is 3. The fourth-order valence-corrected chi connectivity index (χ4v) is 4.27. The topological polar surface area (TPSA) is 63.4 Å². The van der Waals surface area contributed by atoms with Crippen LogP contribution in [-0.4, -0.2) is 32.4 Å². The van der Waals surface area contributed by atoms with Crippen LogP contribution < -0.4 is 5.73 Å². The summed E-state index contributed by atoms with van der Waals surface area (Å²) in [6.07, 6.45) is 1.91. The molecule has 0 saturated carbocycles. The lowest BCUT2D eigenvalue weighted by Crippen LogP contribution is -2.41. The van der Waals surface area contributed by atoms with Crippen molar-refractivity contribution in [3.05, 3.63) is 29.8 Å². The minimum atomic E-state index is -3.39. The van der Waals surface area contributed by atoms with Gasteiger partial charge in [-0.15, -0.1) is 0 Å².